The van der Waals surface area contributed by atoms with Crippen molar-refractivity contribution in [2.75, 3.05) is 18.6 Å². The maximum absolute atomic E-state index is 12.7. The van der Waals surface area contributed by atoms with Gasteiger partial charge in [-0.1, -0.05) is 25.1 Å². The maximum Gasteiger partial charge on any atom is 0.264 e. The molecule has 1 N–H and O–H groups in total. The van der Waals surface area contributed by atoms with Gasteiger partial charge in [0.15, 0.2) is 5.60 Å². The van der Waals surface area contributed by atoms with E-state index in [2.05, 4.69) is 6.92 Å². The number of para-hydroxylation sites is 1. The summed E-state index contributed by atoms with van der Waals surface area (Å²) in [5.74, 6) is 0.143. The number of nitrogens with zero attached hydrogens (tertiary/aromatic N) is 1. The molecule has 3 atom stereocenters. The van der Waals surface area contributed by atoms with Gasteiger partial charge in [0, 0.05) is 25.1 Å². The fraction of sp³-hybridized carbons (Fsp3) is 0.533. The van der Waals surface area contributed by atoms with Gasteiger partial charge in [0.05, 0.1) is 11.8 Å². The van der Waals surface area contributed by atoms with Crippen LogP contribution in [0, 0.1) is 5.92 Å². The zero-order valence-electron chi connectivity index (χ0n) is 11.3. The van der Waals surface area contributed by atoms with E-state index in [-0.39, 0.29) is 24.5 Å². The second-order valence-electron chi connectivity index (χ2n) is 5.51. The molecule has 1 saturated heterocycles. The zero-order valence-corrected chi connectivity index (χ0v) is 11.3. The van der Waals surface area contributed by atoms with E-state index >= 15 is 0 Å². The van der Waals surface area contributed by atoms with E-state index in [1.165, 1.54) is 0 Å². The second-order valence-corrected chi connectivity index (χ2v) is 5.51. The molecule has 4 nitrogen and oxygen atoms in total. The molecule has 1 aromatic carbocycles. The van der Waals surface area contributed by atoms with Crippen LogP contribution in [0.5, 0.6) is 0 Å². The number of aliphatic hydroxyl groups is 1. The molecule has 0 aliphatic carbocycles. The highest BCUT2D eigenvalue weighted by Crippen LogP contribution is 2.52. The predicted octanol–water partition coefficient (Wildman–Crippen LogP) is 1.67. The van der Waals surface area contributed by atoms with Crippen molar-refractivity contribution in [2.24, 2.45) is 5.92 Å². The third-order valence-electron chi connectivity index (χ3n) is 4.40. The molecule has 2 heterocycles. The number of hydrogen-bond acceptors (Lipinski definition) is 3. The molecule has 0 bridgehead atoms. The Morgan fingerprint density at radius 1 is 1.47 bits per heavy atom. The van der Waals surface area contributed by atoms with Crippen LogP contribution in [0.1, 0.15) is 25.3 Å². The van der Waals surface area contributed by atoms with E-state index in [0.717, 1.165) is 17.7 Å². The van der Waals surface area contributed by atoms with Gasteiger partial charge >= 0.3 is 0 Å². The number of likely N-dealkylation sites (N-methyl/N-ethyl adjacent to an activating group) is 1. The summed E-state index contributed by atoms with van der Waals surface area (Å²) in [5, 5.41) is 9.08. The van der Waals surface area contributed by atoms with Crippen LogP contribution in [0.2, 0.25) is 0 Å². The van der Waals surface area contributed by atoms with E-state index in [9.17, 15) is 4.79 Å². The first-order valence-corrected chi connectivity index (χ1v) is 6.77. The van der Waals surface area contributed by atoms with Gasteiger partial charge in [-0.2, -0.15) is 0 Å². The van der Waals surface area contributed by atoms with Crippen molar-refractivity contribution in [2.45, 2.75) is 31.5 Å². The van der Waals surface area contributed by atoms with E-state index < -0.39 is 5.60 Å². The number of anilines is 1. The molecular formula is C15H19NO3. The Kier molecular flexibility index (Phi) is 2.87. The largest absolute Gasteiger partial charge is 0.396 e. The van der Waals surface area contributed by atoms with Crippen molar-refractivity contribution in [1.29, 1.82) is 0 Å². The lowest BCUT2D eigenvalue weighted by molar-refractivity contribution is -0.145. The molecule has 1 fully saturated rings. The first-order valence-electron chi connectivity index (χ1n) is 6.77. The van der Waals surface area contributed by atoms with E-state index in [1.807, 2.05) is 24.3 Å². The number of aliphatic hydroxyl groups excluding tert-OH is 1. The maximum atomic E-state index is 12.7. The molecule has 0 unspecified atom stereocenters. The Morgan fingerprint density at radius 2 is 2.21 bits per heavy atom. The van der Waals surface area contributed by atoms with Gasteiger partial charge in [0.1, 0.15) is 0 Å². The highest BCUT2D eigenvalue weighted by molar-refractivity contribution is 6.07. The molecule has 102 valence electrons. The molecule has 1 amide bonds. The van der Waals surface area contributed by atoms with Crippen LogP contribution in [0.15, 0.2) is 24.3 Å². The SMILES string of the molecule is C[C@H]1C[C@@H](CCO)O[C@]12C(=O)N(C)c1ccccc12. The number of fused-ring (bicyclic) bond motifs is 2. The summed E-state index contributed by atoms with van der Waals surface area (Å²) in [7, 11) is 1.80. The lowest BCUT2D eigenvalue weighted by Crippen LogP contribution is -2.42. The summed E-state index contributed by atoms with van der Waals surface area (Å²) in [6.45, 7) is 2.16. The standard InChI is InChI=1S/C15H19NO3/c1-10-9-11(7-8-17)19-15(10)12-5-3-4-6-13(12)16(2)14(15)18/h3-6,10-11,17H,7-9H2,1-2H3/t10-,11+,15+/m0/s1. The van der Waals surface area contributed by atoms with Crippen molar-refractivity contribution in [1.82, 2.24) is 0 Å². The van der Waals surface area contributed by atoms with E-state index in [4.69, 9.17) is 9.84 Å². The Balaban J connectivity index is 2.07. The molecule has 19 heavy (non-hydrogen) atoms. The second kappa shape index (κ2) is 4.32. The number of carbonyl (C=O) groups excluding carboxylic acids is 1. The molecule has 4 heteroatoms. The summed E-state index contributed by atoms with van der Waals surface area (Å²) in [4.78, 5) is 14.4. The van der Waals surface area contributed by atoms with Gasteiger partial charge in [-0.25, -0.2) is 0 Å². The average molecular weight is 261 g/mol. The minimum absolute atomic E-state index is 0.0154. The Bertz CT molecular complexity index is 516. The van der Waals surface area contributed by atoms with Gasteiger partial charge in [-0.05, 0) is 18.9 Å². The molecule has 1 spiro atoms. The number of rotatable bonds is 2. The molecule has 3 rings (SSSR count). The molecule has 2 aliphatic heterocycles. The highest BCUT2D eigenvalue weighted by atomic mass is 16.5. The first-order chi connectivity index (χ1) is 9.11. The normalized spacial score (nSPS) is 33.2. The summed E-state index contributed by atoms with van der Waals surface area (Å²) < 4.78 is 6.12. The van der Waals surface area contributed by atoms with Crippen LogP contribution in [0.3, 0.4) is 0 Å². The molecule has 0 radical (unpaired) electrons. The average Bonchev–Trinajstić information content (AvgIpc) is 2.84. The van der Waals surface area contributed by atoms with Gasteiger partial charge in [-0.3, -0.25) is 4.79 Å². The summed E-state index contributed by atoms with van der Waals surface area (Å²) >= 11 is 0. The number of benzene rings is 1. The molecule has 0 saturated carbocycles. The van der Waals surface area contributed by atoms with Crippen LogP contribution < -0.4 is 4.90 Å². The van der Waals surface area contributed by atoms with E-state index in [0.29, 0.717) is 6.42 Å². The molecule has 0 aromatic heterocycles. The van der Waals surface area contributed by atoms with E-state index in [1.54, 1.807) is 11.9 Å². The minimum atomic E-state index is -0.842. The minimum Gasteiger partial charge on any atom is -0.396 e. The third kappa shape index (κ3) is 1.56. The number of carbonyl (C=O) groups is 1. The van der Waals surface area contributed by atoms with Gasteiger partial charge in [-0.15, -0.1) is 0 Å². The quantitative estimate of drug-likeness (QED) is 0.881. The van der Waals surface area contributed by atoms with Gasteiger partial charge < -0.3 is 14.7 Å². The lowest BCUT2D eigenvalue weighted by Gasteiger charge is -2.27. The molecular weight excluding hydrogens is 242 g/mol. The van der Waals surface area contributed by atoms with Gasteiger partial charge in [0.2, 0.25) is 0 Å². The van der Waals surface area contributed by atoms with Crippen LogP contribution >= 0.6 is 0 Å². The predicted molar refractivity (Wildman–Crippen MR) is 71.9 cm³/mol. The molecule has 2 aliphatic rings. The fourth-order valence-electron chi connectivity index (χ4n) is 3.45. The summed E-state index contributed by atoms with van der Waals surface area (Å²) in [6.07, 6.45) is 1.36. The topological polar surface area (TPSA) is 49.8 Å². The van der Waals surface area contributed by atoms with Crippen LogP contribution in [0.4, 0.5) is 5.69 Å². The fourth-order valence-corrected chi connectivity index (χ4v) is 3.45. The zero-order chi connectivity index (χ0) is 13.6. The number of amides is 1. The molecule has 1 aromatic rings. The van der Waals surface area contributed by atoms with Crippen molar-refractivity contribution in [3.05, 3.63) is 29.8 Å². The Hall–Kier alpha value is -1.39. The third-order valence-corrected chi connectivity index (χ3v) is 4.40. The van der Waals surface area contributed by atoms with Crippen LogP contribution in [-0.4, -0.2) is 30.8 Å². The van der Waals surface area contributed by atoms with Crippen LogP contribution in [0.25, 0.3) is 0 Å². The smallest absolute Gasteiger partial charge is 0.264 e. The van der Waals surface area contributed by atoms with Crippen molar-refractivity contribution >= 4 is 11.6 Å². The number of ether oxygens (including phenoxy) is 1. The van der Waals surface area contributed by atoms with Crippen molar-refractivity contribution < 1.29 is 14.6 Å². The van der Waals surface area contributed by atoms with Gasteiger partial charge in [0.25, 0.3) is 5.91 Å². The van der Waals surface area contributed by atoms with Crippen molar-refractivity contribution in [3.8, 4) is 0 Å². The summed E-state index contributed by atoms with van der Waals surface area (Å²) in [6, 6.07) is 7.82. The monoisotopic (exact) mass is 261 g/mol. The lowest BCUT2D eigenvalue weighted by atomic mass is 9.83. The first kappa shape index (κ1) is 12.6. The Labute approximate surface area is 113 Å². The van der Waals surface area contributed by atoms with Crippen molar-refractivity contribution in [3.63, 3.8) is 0 Å². The highest BCUT2D eigenvalue weighted by Gasteiger charge is 2.59. The van der Waals surface area contributed by atoms with Crippen LogP contribution in [-0.2, 0) is 15.1 Å². The summed E-state index contributed by atoms with van der Waals surface area (Å²) in [5.41, 5.74) is 1.06. The Morgan fingerprint density at radius 3 is 2.95 bits per heavy atom. The number of hydrogen-bond donors (Lipinski definition) is 1.